The molecule has 1 fully saturated rings. The van der Waals surface area contributed by atoms with E-state index in [9.17, 15) is 4.57 Å². The Bertz CT molecular complexity index is 631. The molecule has 1 aliphatic carbocycles. The molecule has 0 radical (unpaired) electrons. The van der Waals surface area contributed by atoms with Crippen LogP contribution in [0.2, 0.25) is 0 Å². The van der Waals surface area contributed by atoms with Crippen LogP contribution in [0, 0.1) is 0 Å². The van der Waals surface area contributed by atoms with Gasteiger partial charge in [-0.3, -0.25) is 0 Å². The van der Waals surface area contributed by atoms with Crippen molar-refractivity contribution in [3.05, 3.63) is 60.7 Å². The molecule has 2 aromatic carbocycles. The van der Waals surface area contributed by atoms with Crippen molar-refractivity contribution in [2.45, 2.75) is 37.8 Å². The van der Waals surface area contributed by atoms with E-state index in [-0.39, 0.29) is 6.04 Å². The summed E-state index contributed by atoms with van der Waals surface area (Å²) in [5.74, 6) is 0. The summed E-state index contributed by atoms with van der Waals surface area (Å²) in [5.41, 5.74) is 6.22. The monoisotopic (exact) mass is 342 g/mol. The van der Waals surface area contributed by atoms with Gasteiger partial charge in [-0.25, -0.2) is 0 Å². The molecule has 3 N–H and O–H groups in total. The molecule has 2 aromatic rings. The molecule has 3 rings (SSSR count). The third-order valence-electron chi connectivity index (χ3n) is 5.00. The first-order valence-corrected chi connectivity index (χ1v) is 10.8. The van der Waals surface area contributed by atoms with E-state index in [4.69, 9.17) is 5.73 Å². The lowest BCUT2D eigenvalue weighted by atomic mass is 9.91. The van der Waals surface area contributed by atoms with Crippen molar-refractivity contribution >= 4 is 17.8 Å². The molecule has 0 heterocycles. The molecular formula is C20H27N2OP. The van der Waals surface area contributed by atoms with E-state index in [2.05, 4.69) is 5.32 Å². The highest BCUT2D eigenvalue weighted by Gasteiger charge is 2.28. The van der Waals surface area contributed by atoms with Gasteiger partial charge in [-0.05, 0) is 12.8 Å². The molecule has 1 saturated carbocycles. The second kappa shape index (κ2) is 8.11. The van der Waals surface area contributed by atoms with Gasteiger partial charge in [0, 0.05) is 35.4 Å². The van der Waals surface area contributed by atoms with Crippen LogP contribution in [0.1, 0.15) is 25.7 Å². The van der Waals surface area contributed by atoms with Gasteiger partial charge < -0.3 is 15.6 Å². The second-order valence-electron chi connectivity index (χ2n) is 6.64. The number of hydrogen-bond donors (Lipinski definition) is 2. The molecule has 0 aliphatic heterocycles. The highest BCUT2D eigenvalue weighted by Crippen LogP contribution is 2.42. The quantitative estimate of drug-likeness (QED) is 0.794. The van der Waals surface area contributed by atoms with Gasteiger partial charge in [0.25, 0.3) is 0 Å². The van der Waals surface area contributed by atoms with Crippen LogP contribution >= 0.6 is 7.14 Å². The normalized spacial score (nSPS) is 21.5. The van der Waals surface area contributed by atoms with Crippen LogP contribution in [0.4, 0.5) is 0 Å². The lowest BCUT2D eigenvalue weighted by molar-refractivity contribution is 0.333. The van der Waals surface area contributed by atoms with Gasteiger partial charge in [0.15, 0.2) is 0 Å². The summed E-state index contributed by atoms with van der Waals surface area (Å²) in [7, 11) is -2.61. The van der Waals surface area contributed by atoms with E-state index >= 15 is 0 Å². The van der Waals surface area contributed by atoms with Crippen LogP contribution in [0.5, 0.6) is 0 Å². The predicted molar refractivity (Wildman–Crippen MR) is 103 cm³/mol. The Morgan fingerprint density at radius 1 is 0.917 bits per heavy atom. The van der Waals surface area contributed by atoms with Crippen molar-refractivity contribution in [1.29, 1.82) is 0 Å². The number of nitrogens with one attached hydrogen (secondary N) is 1. The van der Waals surface area contributed by atoms with Crippen molar-refractivity contribution in [3.8, 4) is 0 Å². The molecule has 0 saturated heterocycles. The lowest BCUT2D eigenvalue weighted by Gasteiger charge is -2.30. The number of nitrogens with two attached hydrogens (primary N) is 1. The van der Waals surface area contributed by atoms with Crippen LogP contribution in [0.3, 0.4) is 0 Å². The molecule has 0 amide bonds. The minimum Gasteiger partial charge on any atom is -0.326 e. The molecule has 4 heteroatoms. The Balaban J connectivity index is 1.75. The zero-order chi connectivity index (χ0) is 16.8. The average Bonchev–Trinajstić information content (AvgIpc) is 2.64. The van der Waals surface area contributed by atoms with Gasteiger partial charge in [0.2, 0.25) is 0 Å². The molecule has 2 unspecified atom stereocenters. The average molecular weight is 342 g/mol. The first-order valence-electron chi connectivity index (χ1n) is 8.89. The molecule has 2 atom stereocenters. The van der Waals surface area contributed by atoms with Crippen molar-refractivity contribution in [1.82, 2.24) is 5.32 Å². The van der Waals surface area contributed by atoms with Gasteiger partial charge >= 0.3 is 0 Å². The molecule has 0 aromatic heterocycles. The van der Waals surface area contributed by atoms with E-state index < -0.39 is 7.14 Å². The Morgan fingerprint density at radius 2 is 1.46 bits per heavy atom. The van der Waals surface area contributed by atoms with Crippen LogP contribution in [-0.2, 0) is 4.57 Å². The maximum absolute atomic E-state index is 13.9. The molecule has 24 heavy (non-hydrogen) atoms. The van der Waals surface area contributed by atoms with Crippen LogP contribution in [0.15, 0.2) is 60.7 Å². The summed E-state index contributed by atoms with van der Waals surface area (Å²) in [5, 5.41) is 5.44. The predicted octanol–water partition coefficient (Wildman–Crippen LogP) is 2.86. The summed E-state index contributed by atoms with van der Waals surface area (Å²) in [6.07, 6.45) is 5.31. The largest absolute Gasteiger partial charge is 0.326 e. The van der Waals surface area contributed by atoms with E-state index in [1.807, 2.05) is 60.7 Å². The Hall–Kier alpha value is -1.41. The maximum atomic E-state index is 13.9. The molecular weight excluding hydrogens is 315 g/mol. The third kappa shape index (κ3) is 3.97. The van der Waals surface area contributed by atoms with Crippen molar-refractivity contribution < 1.29 is 4.57 Å². The van der Waals surface area contributed by atoms with Gasteiger partial charge in [-0.15, -0.1) is 0 Å². The van der Waals surface area contributed by atoms with E-state index in [1.54, 1.807) is 0 Å². The summed E-state index contributed by atoms with van der Waals surface area (Å²) in [6, 6.07) is 20.3. The van der Waals surface area contributed by atoms with Gasteiger partial charge in [-0.2, -0.15) is 0 Å². The molecule has 1 aliphatic rings. The summed E-state index contributed by atoms with van der Waals surface area (Å²) < 4.78 is 13.9. The molecule has 3 nitrogen and oxygen atoms in total. The molecule has 0 bridgehead atoms. The highest BCUT2D eigenvalue weighted by atomic mass is 31.2. The topological polar surface area (TPSA) is 55.1 Å². The Labute approximate surface area is 145 Å². The Kier molecular flexibility index (Phi) is 5.89. The minimum atomic E-state index is -2.61. The smallest absolute Gasteiger partial charge is 0.144 e. The van der Waals surface area contributed by atoms with E-state index in [0.29, 0.717) is 12.2 Å². The van der Waals surface area contributed by atoms with E-state index in [1.165, 1.54) is 12.8 Å². The number of benzene rings is 2. The zero-order valence-electron chi connectivity index (χ0n) is 14.1. The fraction of sp³-hybridized carbons (Fsp3) is 0.400. The molecule has 128 valence electrons. The fourth-order valence-electron chi connectivity index (χ4n) is 3.57. The summed E-state index contributed by atoms with van der Waals surface area (Å²) in [6.45, 7) is 0.736. The number of rotatable bonds is 6. The number of hydrogen-bond acceptors (Lipinski definition) is 3. The first kappa shape index (κ1) is 17.4. The third-order valence-corrected chi connectivity index (χ3v) is 8.12. The van der Waals surface area contributed by atoms with Crippen LogP contribution in [-0.4, -0.2) is 24.8 Å². The lowest BCUT2D eigenvalue weighted by Crippen LogP contribution is -2.48. The standard InChI is InChI=1S/C20H27N2OP/c21-19-13-7-8-14-20(19)22-15-16-24(23,17-9-3-1-4-10-17)18-11-5-2-6-12-18/h1-6,9-12,19-20,22H,7-8,13-16,21H2. The van der Waals surface area contributed by atoms with Crippen LogP contribution < -0.4 is 21.7 Å². The van der Waals surface area contributed by atoms with Crippen LogP contribution in [0.25, 0.3) is 0 Å². The molecule has 0 spiro atoms. The van der Waals surface area contributed by atoms with Crippen molar-refractivity contribution in [2.24, 2.45) is 5.73 Å². The Morgan fingerprint density at radius 3 is 2.00 bits per heavy atom. The summed E-state index contributed by atoms with van der Waals surface area (Å²) >= 11 is 0. The van der Waals surface area contributed by atoms with Crippen molar-refractivity contribution in [2.75, 3.05) is 12.7 Å². The minimum absolute atomic E-state index is 0.228. The zero-order valence-corrected chi connectivity index (χ0v) is 15.0. The first-order chi connectivity index (χ1) is 11.7. The fourth-order valence-corrected chi connectivity index (χ4v) is 6.13. The second-order valence-corrected chi connectivity index (χ2v) is 9.60. The van der Waals surface area contributed by atoms with E-state index in [0.717, 1.165) is 30.0 Å². The SMILES string of the molecule is NC1CCCCC1NCCP(=O)(c1ccccc1)c1ccccc1. The van der Waals surface area contributed by atoms with Crippen molar-refractivity contribution in [3.63, 3.8) is 0 Å². The van der Waals surface area contributed by atoms with Gasteiger partial charge in [-0.1, -0.05) is 73.5 Å². The summed E-state index contributed by atoms with van der Waals surface area (Å²) in [4.78, 5) is 0. The maximum Gasteiger partial charge on any atom is 0.144 e. The van der Waals surface area contributed by atoms with Gasteiger partial charge in [0.05, 0.1) is 0 Å². The van der Waals surface area contributed by atoms with Gasteiger partial charge in [0.1, 0.15) is 7.14 Å². The highest BCUT2D eigenvalue weighted by molar-refractivity contribution is 7.78.